The van der Waals surface area contributed by atoms with Crippen molar-refractivity contribution in [3.8, 4) is 0 Å². The molecule has 6 nitrogen and oxygen atoms in total. The summed E-state index contributed by atoms with van der Waals surface area (Å²) >= 11 is 0. The summed E-state index contributed by atoms with van der Waals surface area (Å²) in [5, 5.41) is 8.10. The van der Waals surface area contributed by atoms with Gasteiger partial charge in [-0.05, 0) is 23.8 Å². The summed E-state index contributed by atoms with van der Waals surface area (Å²) < 4.78 is 22.1. The molecule has 0 spiro atoms. The maximum Gasteiger partial charge on any atom is 0.238 e. The Hall–Kier alpha value is -1.99. The van der Waals surface area contributed by atoms with E-state index in [1.54, 1.807) is 24.4 Å². The van der Waals surface area contributed by atoms with Crippen LogP contribution in [0, 0.1) is 0 Å². The molecule has 1 aromatic carbocycles. The number of benzene rings is 1. The van der Waals surface area contributed by atoms with Crippen LogP contribution in [0.3, 0.4) is 0 Å². The van der Waals surface area contributed by atoms with Crippen LogP contribution in [0.2, 0.25) is 0 Å². The van der Waals surface area contributed by atoms with Crippen molar-refractivity contribution in [1.82, 2.24) is 9.97 Å². The molecule has 3 N–H and O–H groups in total. The summed E-state index contributed by atoms with van der Waals surface area (Å²) in [6, 6.07) is 8.11. The van der Waals surface area contributed by atoms with Gasteiger partial charge in [0.1, 0.15) is 12.1 Å². The Balaban J connectivity index is 2.03. The molecule has 94 valence electrons. The zero-order valence-electron chi connectivity index (χ0n) is 9.45. The van der Waals surface area contributed by atoms with Gasteiger partial charge < -0.3 is 5.32 Å². The second-order valence-electron chi connectivity index (χ2n) is 3.64. The van der Waals surface area contributed by atoms with Crippen LogP contribution in [-0.4, -0.2) is 18.4 Å². The van der Waals surface area contributed by atoms with Gasteiger partial charge in [0.05, 0.1) is 4.90 Å². The summed E-state index contributed by atoms with van der Waals surface area (Å²) in [5.41, 5.74) is 0.931. The number of anilines is 1. The lowest BCUT2D eigenvalue weighted by molar-refractivity contribution is 0.598. The highest BCUT2D eigenvalue weighted by Gasteiger charge is 2.06. The number of aromatic nitrogens is 2. The van der Waals surface area contributed by atoms with Gasteiger partial charge in [0.2, 0.25) is 10.0 Å². The zero-order chi connectivity index (χ0) is 13.0. The number of hydrogen-bond acceptors (Lipinski definition) is 5. The van der Waals surface area contributed by atoms with E-state index in [1.165, 1.54) is 18.5 Å². The molecule has 0 amide bonds. The Bertz CT molecular complexity index is 611. The molecule has 2 aromatic rings. The lowest BCUT2D eigenvalue weighted by Gasteiger charge is -2.05. The quantitative estimate of drug-likeness (QED) is 0.848. The smallest absolute Gasteiger partial charge is 0.238 e. The van der Waals surface area contributed by atoms with E-state index < -0.39 is 10.0 Å². The fraction of sp³-hybridized carbons (Fsp3) is 0.0909. The van der Waals surface area contributed by atoms with Gasteiger partial charge in [0.15, 0.2) is 0 Å². The average Bonchev–Trinajstić information content (AvgIpc) is 2.37. The minimum absolute atomic E-state index is 0.105. The molecular formula is C11H12N4O2S. The summed E-state index contributed by atoms with van der Waals surface area (Å²) in [6.45, 7) is 0.544. The van der Waals surface area contributed by atoms with E-state index in [-0.39, 0.29) is 4.90 Å². The van der Waals surface area contributed by atoms with Crippen molar-refractivity contribution in [3.05, 3.63) is 48.4 Å². The predicted octanol–water partition coefficient (Wildman–Crippen LogP) is 0.736. The van der Waals surface area contributed by atoms with Gasteiger partial charge >= 0.3 is 0 Å². The Kier molecular flexibility index (Phi) is 3.54. The Morgan fingerprint density at radius 2 is 1.89 bits per heavy atom. The van der Waals surface area contributed by atoms with Gasteiger partial charge in [0, 0.05) is 12.7 Å². The molecule has 0 unspecified atom stereocenters. The highest BCUT2D eigenvalue weighted by atomic mass is 32.2. The van der Waals surface area contributed by atoms with Crippen LogP contribution in [-0.2, 0) is 16.6 Å². The lowest BCUT2D eigenvalue weighted by atomic mass is 10.2. The molecular weight excluding hydrogens is 252 g/mol. The van der Waals surface area contributed by atoms with Crippen molar-refractivity contribution in [2.24, 2.45) is 5.14 Å². The first-order chi connectivity index (χ1) is 8.55. The topological polar surface area (TPSA) is 98.0 Å². The van der Waals surface area contributed by atoms with Crippen molar-refractivity contribution in [2.45, 2.75) is 11.4 Å². The third kappa shape index (κ3) is 3.25. The Morgan fingerprint density at radius 3 is 2.44 bits per heavy atom. The molecule has 0 radical (unpaired) electrons. The number of primary sulfonamides is 1. The number of rotatable bonds is 4. The summed E-state index contributed by atoms with van der Waals surface area (Å²) in [5.74, 6) is 0.709. The fourth-order valence-corrected chi connectivity index (χ4v) is 1.90. The van der Waals surface area contributed by atoms with Crippen molar-refractivity contribution >= 4 is 15.8 Å². The summed E-state index contributed by atoms with van der Waals surface area (Å²) in [6.07, 6.45) is 3.09. The number of nitrogens with zero attached hydrogens (tertiary/aromatic N) is 2. The Labute approximate surface area is 105 Å². The molecule has 0 aliphatic rings. The molecule has 0 atom stereocenters. The SMILES string of the molecule is NS(=O)(=O)c1ccc(CNc2ccncn2)cc1. The van der Waals surface area contributed by atoms with Gasteiger partial charge in [-0.15, -0.1) is 0 Å². The Morgan fingerprint density at radius 1 is 1.17 bits per heavy atom. The van der Waals surface area contributed by atoms with E-state index in [0.717, 1.165) is 5.56 Å². The second-order valence-corrected chi connectivity index (χ2v) is 5.20. The summed E-state index contributed by atoms with van der Waals surface area (Å²) in [7, 11) is -3.63. The molecule has 0 fully saturated rings. The molecule has 0 saturated heterocycles. The molecule has 7 heteroatoms. The zero-order valence-corrected chi connectivity index (χ0v) is 10.3. The number of hydrogen-bond donors (Lipinski definition) is 2. The maximum absolute atomic E-state index is 11.1. The molecule has 0 saturated carbocycles. The largest absolute Gasteiger partial charge is 0.366 e. The standard InChI is InChI=1S/C11H12N4O2S/c12-18(16,17)10-3-1-9(2-4-10)7-14-11-5-6-13-8-15-11/h1-6,8H,7H2,(H2,12,16,17)(H,13,14,15). The van der Waals surface area contributed by atoms with Crippen molar-refractivity contribution in [2.75, 3.05) is 5.32 Å². The lowest BCUT2D eigenvalue weighted by Crippen LogP contribution is -2.12. The van der Waals surface area contributed by atoms with E-state index in [1.807, 2.05) is 0 Å². The van der Waals surface area contributed by atoms with Gasteiger partial charge in [-0.1, -0.05) is 12.1 Å². The van der Waals surface area contributed by atoms with Crippen molar-refractivity contribution in [1.29, 1.82) is 0 Å². The first kappa shape index (κ1) is 12.5. The van der Waals surface area contributed by atoms with Crippen LogP contribution in [0.5, 0.6) is 0 Å². The second kappa shape index (κ2) is 5.11. The minimum Gasteiger partial charge on any atom is -0.366 e. The highest BCUT2D eigenvalue weighted by molar-refractivity contribution is 7.89. The predicted molar refractivity (Wildman–Crippen MR) is 67.2 cm³/mol. The number of nitrogens with one attached hydrogen (secondary N) is 1. The highest BCUT2D eigenvalue weighted by Crippen LogP contribution is 2.10. The number of sulfonamides is 1. The van der Waals surface area contributed by atoms with Crippen LogP contribution in [0.1, 0.15) is 5.56 Å². The van der Waals surface area contributed by atoms with E-state index >= 15 is 0 Å². The van der Waals surface area contributed by atoms with E-state index in [9.17, 15) is 8.42 Å². The van der Waals surface area contributed by atoms with Crippen LogP contribution >= 0.6 is 0 Å². The van der Waals surface area contributed by atoms with Gasteiger partial charge in [-0.3, -0.25) is 0 Å². The molecule has 18 heavy (non-hydrogen) atoms. The van der Waals surface area contributed by atoms with E-state index in [0.29, 0.717) is 12.4 Å². The monoisotopic (exact) mass is 264 g/mol. The molecule has 0 aliphatic heterocycles. The molecule has 0 bridgehead atoms. The van der Waals surface area contributed by atoms with Crippen molar-refractivity contribution < 1.29 is 8.42 Å². The average molecular weight is 264 g/mol. The first-order valence-electron chi connectivity index (χ1n) is 5.17. The normalized spacial score (nSPS) is 11.2. The number of nitrogens with two attached hydrogens (primary N) is 1. The van der Waals surface area contributed by atoms with Crippen LogP contribution in [0.25, 0.3) is 0 Å². The third-order valence-electron chi connectivity index (χ3n) is 2.31. The summed E-state index contributed by atoms with van der Waals surface area (Å²) in [4.78, 5) is 7.92. The van der Waals surface area contributed by atoms with E-state index in [4.69, 9.17) is 5.14 Å². The third-order valence-corrected chi connectivity index (χ3v) is 3.24. The van der Waals surface area contributed by atoms with Crippen LogP contribution in [0.15, 0.2) is 47.8 Å². The van der Waals surface area contributed by atoms with E-state index in [2.05, 4.69) is 15.3 Å². The molecule has 1 heterocycles. The van der Waals surface area contributed by atoms with Crippen LogP contribution < -0.4 is 10.5 Å². The minimum atomic E-state index is -3.63. The van der Waals surface area contributed by atoms with Gasteiger partial charge in [-0.2, -0.15) is 0 Å². The van der Waals surface area contributed by atoms with Crippen molar-refractivity contribution in [3.63, 3.8) is 0 Å². The molecule has 2 rings (SSSR count). The molecule has 0 aliphatic carbocycles. The maximum atomic E-state index is 11.1. The van der Waals surface area contributed by atoms with Gasteiger partial charge in [-0.25, -0.2) is 23.5 Å². The van der Waals surface area contributed by atoms with Gasteiger partial charge in [0.25, 0.3) is 0 Å². The van der Waals surface area contributed by atoms with Crippen LogP contribution in [0.4, 0.5) is 5.82 Å². The first-order valence-corrected chi connectivity index (χ1v) is 6.72. The fourth-order valence-electron chi connectivity index (χ4n) is 1.38. The molecule has 1 aromatic heterocycles.